The molecule has 60 valence electrons. The molecule has 2 aromatic heterocycles. The maximum absolute atomic E-state index is 4.71. The number of nitrogens with zero attached hydrogens (tertiary/aromatic N) is 2. The molecule has 0 N–H and O–H groups in total. The second kappa shape index (κ2) is 3.17. The van der Waals surface area contributed by atoms with Crippen molar-refractivity contribution in [3.05, 3.63) is 48.1 Å². The second-order valence-corrected chi connectivity index (χ2v) is 2.49. The van der Waals surface area contributed by atoms with Crippen LogP contribution in [0.3, 0.4) is 0 Å². The van der Waals surface area contributed by atoms with Gasteiger partial charge in [-0.15, -0.1) is 0 Å². The molecule has 0 fully saturated rings. The van der Waals surface area contributed by atoms with E-state index in [0.29, 0.717) is 0 Å². The number of rotatable bonds is 2. The highest BCUT2D eigenvalue weighted by atomic mass is 16.5. The smallest absolute Gasteiger partial charge is 0.124 e. The van der Waals surface area contributed by atoms with Crippen molar-refractivity contribution in [2.75, 3.05) is 0 Å². The molecule has 2 aromatic rings. The maximum Gasteiger partial charge on any atom is 0.124 e. The van der Waals surface area contributed by atoms with Crippen LogP contribution in [0.25, 0.3) is 0 Å². The topological polar surface area (TPSA) is 38.9 Å². The maximum atomic E-state index is 4.71. The molecular weight excluding hydrogens is 152 g/mol. The van der Waals surface area contributed by atoms with Crippen molar-refractivity contribution >= 4 is 0 Å². The van der Waals surface area contributed by atoms with Gasteiger partial charge in [-0.25, -0.2) is 0 Å². The third-order valence-corrected chi connectivity index (χ3v) is 1.58. The molecule has 3 nitrogen and oxygen atoms in total. The third-order valence-electron chi connectivity index (χ3n) is 1.58. The molecule has 0 aliphatic heterocycles. The first-order chi connectivity index (χ1) is 5.95. The van der Waals surface area contributed by atoms with E-state index in [2.05, 4.69) is 10.1 Å². The van der Waals surface area contributed by atoms with E-state index in [1.54, 1.807) is 12.5 Å². The molecule has 3 heteroatoms. The molecule has 0 amide bonds. The van der Waals surface area contributed by atoms with Gasteiger partial charge in [0.25, 0.3) is 0 Å². The van der Waals surface area contributed by atoms with E-state index in [-0.39, 0.29) is 0 Å². The lowest BCUT2D eigenvalue weighted by atomic mass is 10.2. The van der Waals surface area contributed by atoms with Gasteiger partial charge in [0, 0.05) is 24.4 Å². The molecule has 0 bridgehead atoms. The van der Waals surface area contributed by atoms with Crippen molar-refractivity contribution in [3.63, 3.8) is 0 Å². The lowest BCUT2D eigenvalue weighted by Crippen LogP contribution is -1.90. The Morgan fingerprint density at radius 3 is 2.83 bits per heavy atom. The van der Waals surface area contributed by atoms with Crippen LogP contribution in [0, 0.1) is 0 Å². The van der Waals surface area contributed by atoms with Crippen LogP contribution in [0.1, 0.15) is 11.4 Å². The minimum absolute atomic E-state index is 0.733. The SMILES string of the molecule is c1ccc(Cc2ccon2)nc1. The summed E-state index contributed by atoms with van der Waals surface area (Å²) in [5.41, 5.74) is 1.92. The van der Waals surface area contributed by atoms with Gasteiger partial charge in [0.15, 0.2) is 0 Å². The number of hydrogen-bond donors (Lipinski definition) is 0. The van der Waals surface area contributed by atoms with Gasteiger partial charge in [0.05, 0.1) is 5.69 Å². The molecule has 2 rings (SSSR count). The highest BCUT2D eigenvalue weighted by Gasteiger charge is 1.98. The number of pyridine rings is 1. The first-order valence-corrected chi connectivity index (χ1v) is 3.74. The first kappa shape index (κ1) is 7.03. The van der Waals surface area contributed by atoms with Gasteiger partial charge in [-0.05, 0) is 12.1 Å². The van der Waals surface area contributed by atoms with Gasteiger partial charge in [0.1, 0.15) is 6.26 Å². The zero-order valence-electron chi connectivity index (χ0n) is 6.47. The molecular formula is C9H8N2O. The van der Waals surface area contributed by atoms with E-state index >= 15 is 0 Å². The fraction of sp³-hybridized carbons (Fsp3) is 0.111. The zero-order chi connectivity index (χ0) is 8.23. The Hall–Kier alpha value is -1.64. The van der Waals surface area contributed by atoms with Crippen molar-refractivity contribution in [2.45, 2.75) is 6.42 Å². The Balaban J connectivity index is 2.15. The Morgan fingerprint density at radius 2 is 2.17 bits per heavy atom. The molecule has 0 unspecified atom stereocenters. The van der Waals surface area contributed by atoms with Crippen LogP contribution < -0.4 is 0 Å². The summed E-state index contributed by atoms with van der Waals surface area (Å²) in [6.07, 6.45) is 4.07. The predicted molar refractivity (Wildman–Crippen MR) is 43.5 cm³/mol. The quantitative estimate of drug-likeness (QED) is 0.670. The summed E-state index contributed by atoms with van der Waals surface area (Å²) in [4.78, 5) is 4.17. The van der Waals surface area contributed by atoms with Crippen molar-refractivity contribution in [2.24, 2.45) is 0 Å². The van der Waals surface area contributed by atoms with Gasteiger partial charge >= 0.3 is 0 Å². The average Bonchev–Trinajstić information content (AvgIpc) is 2.59. The Bertz CT molecular complexity index is 329. The third kappa shape index (κ3) is 1.50. The molecule has 0 aliphatic carbocycles. The molecule has 0 aliphatic rings. The summed E-state index contributed by atoms with van der Waals surface area (Å²) in [6.45, 7) is 0. The van der Waals surface area contributed by atoms with E-state index in [9.17, 15) is 0 Å². The van der Waals surface area contributed by atoms with Gasteiger partial charge in [-0.1, -0.05) is 11.2 Å². The molecule has 2 heterocycles. The van der Waals surface area contributed by atoms with Crippen molar-refractivity contribution in [1.29, 1.82) is 0 Å². The number of hydrogen-bond acceptors (Lipinski definition) is 3. The highest BCUT2D eigenvalue weighted by molar-refractivity contribution is 5.12. The van der Waals surface area contributed by atoms with Crippen LogP contribution in [-0.2, 0) is 6.42 Å². The summed E-state index contributed by atoms with van der Waals surface area (Å²) in [5.74, 6) is 0. The monoisotopic (exact) mass is 160 g/mol. The minimum atomic E-state index is 0.733. The minimum Gasteiger partial charge on any atom is -0.364 e. The van der Waals surface area contributed by atoms with Crippen LogP contribution in [0.2, 0.25) is 0 Å². The van der Waals surface area contributed by atoms with E-state index < -0.39 is 0 Å². The van der Waals surface area contributed by atoms with Crippen LogP contribution in [0.5, 0.6) is 0 Å². The van der Waals surface area contributed by atoms with Gasteiger partial charge in [-0.3, -0.25) is 4.98 Å². The summed E-state index contributed by atoms with van der Waals surface area (Å²) in [7, 11) is 0. The summed E-state index contributed by atoms with van der Waals surface area (Å²) in [6, 6.07) is 7.66. The van der Waals surface area contributed by atoms with E-state index in [1.807, 2.05) is 24.3 Å². The number of aromatic nitrogens is 2. The van der Waals surface area contributed by atoms with E-state index in [1.165, 1.54) is 0 Å². The summed E-state index contributed by atoms with van der Waals surface area (Å²) >= 11 is 0. The van der Waals surface area contributed by atoms with Gasteiger partial charge < -0.3 is 4.52 Å². The normalized spacial score (nSPS) is 10.0. The Morgan fingerprint density at radius 1 is 1.17 bits per heavy atom. The molecule has 0 aromatic carbocycles. The zero-order valence-corrected chi connectivity index (χ0v) is 6.47. The van der Waals surface area contributed by atoms with E-state index in [0.717, 1.165) is 17.8 Å². The van der Waals surface area contributed by atoms with E-state index in [4.69, 9.17) is 4.52 Å². The molecule has 0 atom stereocenters. The van der Waals surface area contributed by atoms with Crippen LogP contribution in [0.4, 0.5) is 0 Å². The standard InChI is InChI=1S/C9H8N2O/c1-2-5-10-8(3-1)7-9-4-6-12-11-9/h1-6H,7H2. The fourth-order valence-corrected chi connectivity index (χ4v) is 1.02. The molecule has 0 saturated heterocycles. The van der Waals surface area contributed by atoms with Crippen molar-refractivity contribution in [3.8, 4) is 0 Å². The fourth-order valence-electron chi connectivity index (χ4n) is 1.02. The lowest BCUT2D eigenvalue weighted by Gasteiger charge is -1.93. The average molecular weight is 160 g/mol. The second-order valence-electron chi connectivity index (χ2n) is 2.49. The first-order valence-electron chi connectivity index (χ1n) is 3.74. The molecule has 0 saturated carbocycles. The Kier molecular flexibility index (Phi) is 1.86. The van der Waals surface area contributed by atoms with Crippen LogP contribution >= 0.6 is 0 Å². The van der Waals surface area contributed by atoms with Crippen LogP contribution in [-0.4, -0.2) is 10.1 Å². The summed E-state index contributed by atoms with van der Waals surface area (Å²) < 4.78 is 4.71. The Labute approximate surface area is 70.0 Å². The van der Waals surface area contributed by atoms with Crippen molar-refractivity contribution < 1.29 is 4.52 Å². The summed E-state index contributed by atoms with van der Waals surface area (Å²) in [5, 5.41) is 3.80. The molecule has 0 spiro atoms. The van der Waals surface area contributed by atoms with Crippen LogP contribution in [0.15, 0.2) is 41.2 Å². The lowest BCUT2D eigenvalue weighted by molar-refractivity contribution is 0.413. The largest absolute Gasteiger partial charge is 0.364 e. The van der Waals surface area contributed by atoms with Gasteiger partial charge in [0.2, 0.25) is 0 Å². The van der Waals surface area contributed by atoms with Crippen molar-refractivity contribution in [1.82, 2.24) is 10.1 Å². The van der Waals surface area contributed by atoms with Gasteiger partial charge in [-0.2, -0.15) is 0 Å². The highest BCUT2D eigenvalue weighted by Crippen LogP contribution is 2.02. The molecule has 0 radical (unpaired) electrons. The molecule has 12 heavy (non-hydrogen) atoms. The predicted octanol–water partition coefficient (Wildman–Crippen LogP) is 1.66.